The molecular weight excluding hydrogens is 254 g/mol. The van der Waals surface area contributed by atoms with E-state index in [1.165, 1.54) is 0 Å². The molecule has 0 fully saturated rings. The Morgan fingerprint density at radius 3 is 2.60 bits per heavy atom. The van der Waals surface area contributed by atoms with Gasteiger partial charge < -0.3 is 9.84 Å². The molecule has 0 aliphatic heterocycles. The maximum absolute atomic E-state index is 10.4. The van der Waals surface area contributed by atoms with Crippen LogP contribution in [0.4, 0.5) is 0 Å². The predicted octanol–water partition coefficient (Wildman–Crippen LogP) is 3.38. The lowest BCUT2D eigenvalue weighted by Crippen LogP contribution is -2.01. The minimum absolute atomic E-state index is 0.181. The normalized spacial score (nSPS) is 10.2. The van der Waals surface area contributed by atoms with Crippen molar-refractivity contribution in [3.8, 4) is 17.1 Å². The highest BCUT2D eigenvalue weighted by Crippen LogP contribution is 2.19. The van der Waals surface area contributed by atoms with Crippen LogP contribution in [-0.4, -0.2) is 22.7 Å². The van der Waals surface area contributed by atoms with Crippen molar-refractivity contribution < 1.29 is 14.6 Å². The number of nitrogens with zero attached hydrogens (tertiary/aromatic N) is 1. The predicted molar refractivity (Wildman–Crippen MR) is 76.7 cm³/mol. The first-order valence-electron chi connectivity index (χ1n) is 6.63. The van der Waals surface area contributed by atoms with Crippen LogP contribution in [0.1, 0.15) is 19.3 Å². The number of carboxylic acids is 1. The molecule has 4 nitrogen and oxygen atoms in total. The van der Waals surface area contributed by atoms with E-state index < -0.39 is 5.97 Å². The van der Waals surface area contributed by atoms with E-state index >= 15 is 0 Å². The lowest BCUT2D eigenvalue weighted by atomic mass is 10.1. The number of benzene rings is 1. The molecule has 20 heavy (non-hydrogen) atoms. The van der Waals surface area contributed by atoms with E-state index in [2.05, 4.69) is 4.98 Å². The third-order valence-corrected chi connectivity index (χ3v) is 2.83. The van der Waals surface area contributed by atoms with Gasteiger partial charge in [0.15, 0.2) is 0 Å². The van der Waals surface area contributed by atoms with Crippen LogP contribution in [0.3, 0.4) is 0 Å². The number of unbranched alkanes of at least 4 members (excludes halogenated alkanes) is 1. The maximum atomic E-state index is 10.4. The third-order valence-electron chi connectivity index (χ3n) is 2.83. The second-order valence-corrected chi connectivity index (χ2v) is 4.43. The van der Waals surface area contributed by atoms with Gasteiger partial charge in [-0.05, 0) is 18.9 Å². The Morgan fingerprint density at radius 2 is 1.85 bits per heavy atom. The van der Waals surface area contributed by atoms with Gasteiger partial charge in [0.05, 0.1) is 12.3 Å². The zero-order valence-electron chi connectivity index (χ0n) is 11.2. The van der Waals surface area contributed by atoms with Gasteiger partial charge >= 0.3 is 5.97 Å². The molecule has 1 heterocycles. The summed E-state index contributed by atoms with van der Waals surface area (Å²) in [4.78, 5) is 14.8. The highest BCUT2D eigenvalue weighted by atomic mass is 16.5. The molecule has 0 aliphatic rings. The van der Waals surface area contributed by atoms with Crippen LogP contribution in [-0.2, 0) is 4.79 Å². The summed E-state index contributed by atoms with van der Waals surface area (Å²) in [5.74, 6) is -0.198. The van der Waals surface area contributed by atoms with Gasteiger partial charge in [-0.1, -0.05) is 36.4 Å². The van der Waals surface area contributed by atoms with Gasteiger partial charge in [-0.15, -0.1) is 0 Å². The largest absolute Gasteiger partial charge is 0.481 e. The SMILES string of the molecule is O=C(O)CCCCOc1cccc(-c2ccccc2)n1. The molecule has 1 aromatic heterocycles. The Hall–Kier alpha value is -2.36. The molecule has 2 aromatic rings. The third kappa shape index (κ3) is 4.39. The molecule has 1 N–H and O–H groups in total. The summed E-state index contributed by atoms with van der Waals surface area (Å²) < 4.78 is 5.55. The molecular formula is C16H17NO3. The zero-order valence-corrected chi connectivity index (χ0v) is 11.2. The monoisotopic (exact) mass is 271 g/mol. The summed E-state index contributed by atoms with van der Waals surface area (Å²) in [6, 6.07) is 15.6. The molecule has 0 saturated carbocycles. The van der Waals surface area contributed by atoms with Gasteiger partial charge in [0.2, 0.25) is 5.88 Å². The van der Waals surface area contributed by atoms with Crippen LogP contribution in [0, 0.1) is 0 Å². The molecule has 4 heteroatoms. The molecule has 0 aliphatic carbocycles. The van der Waals surface area contributed by atoms with Gasteiger partial charge in [-0.25, -0.2) is 4.98 Å². The fraction of sp³-hybridized carbons (Fsp3) is 0.250. The summed E-state index contributed by atoms with van der Waals surface area (Å²) in [6.07, 6.45) is 1.51. The average Bonchev–Trinajstić information content (AvgIpc) is 2.48. The number of hydrogen-bond acceptors (Lipinski definition) is 3. The van der Waals surface area contributed by atoms with Crippen LogP contribution in [0.15, 0.2) is 48.5 Å². The summed E-state index contributed by atoms with van der Waals surface area (Å²) in [7, 11) is 0. The van der Waals surface area contributed by atoms with E-state index in [-0.39, 0.29) is 6.42 Å². The number of hydrogen-bond donors (Lipinski definition) is 1. The van der Waals surface area contributed by atoms with Crippen molar-refractivity contribution in [2.45, 2.75) is 19.3 Å². The van der Waals surface area contributed by atoms with Crippen molar-refractivity contribution in [3.05, 3.63) is 48.5 Å². The van der Waals surface area contributed by atoms with Crippen molar-refractivity contribution in [2.24, 2.45) is 0 Å². The molecule has 0 radical (unpaired) electrons. The van der Waals surface area contributed by atoms with Crippen molar-refractivity contribution >= 4 is 5.97 Å². The Morgan fingerprint density at radius 1 is 1.05 bits per heavy atom. The number of pyridine rings is 1. The average molecular weight is 271 g/mol. The lowest BCUT2D eigenvalue weighted by molar-refractivity contribution is -0.137. The smallest absolute Gasteiger partial charge is 0.303 e. The Kier molecular flexibility index (Phi) is 5.12. The highest BCUT2D eigenvalue weighted by molar-refractivity contribution is 5.66. The van der Waals surface area contributed by atoms with E-state index in [1.54, 1.807) is 0 Å². The minimum Gasteiger partial charge on any atom is -0.481 e. The second-order valence-electron chi connectivity index (χ2n) is 4.43. The first kappa shape index (κ1) is 14.1. The van der Waals surface area contributed by atoms with Crippen molar-refractivity contribution in [1.29, 1.82) is 0 Å². The molecule has 1 aromatic carbocycles. The maximum Gasteiger partial charge on any atom is 0.303 e. The minimum atomic E-state index is -0.769. The first-order valence-corrected chi connectivity index (χ1v) is 6.63. The van der Waals surface area contributed by atoms with Gasteiger partial charge in [0.25, 0.3) is 0 Å². The molecule has 0 unspecified atom stereocenters. The number of aromatic nitrogens is 1. The Balaban J connectivity index is 1.89. The standard InChI is InChI=1S/C16H17NO3/c18-16(19)11-4-5-12-20-15-10-6-9-14(17-15)13-7-2-1-3-8-13/h1-3,6-10H,4-5,11-12H2,(H,18,19). The molecule has 0 amide bonds. The lowest BCUT2D eigenvalue weighted by Gasteiger charge is -2.06. The summed E-state index contributed by atoms with van der Waals surface area (Å²) >= 11 is 0. The first-order chi connectivity index (χ1) is 9.75. The summed E-state index contributed by atoms with van der Waals surface area (Å²) in [6.45, 7) is 0.485. The fourth-order valence-electron chi connectivity index (χ4n) is 1.82. The number of carboxylic acid groups (broad SMARTS) is 1. The van der Waals surface area contributed by atoms with Crippen LogP contribution in [0.2, 0.25) is 0 Å². The molecule has 0 bridgehead atoms. The molecule has 0 spiro atoms. The van der Waals surface area contributed by atoms with Gasteiger partial charge in [0, 0.05) is 18.1 Å². The van der Waals surface area contributed by atoms with E-state index in [9.17, 15) is 4.79 Å². The number of ether oxygens (including phenoxy) is 1. The Bertz CT molecular complexity index is 555. The van der Waals surface area contributed by atoms with Crippen LogP contribution in [0.5, 0.6) is 5.88 Å². The van der Waals surface area contributed by atoms with Crippen LogP contribution in [0.25, 0.3) is 11.3 Å². The molecule has 104 valence electrons. The summed E-state index contributed by atoms with van der Waals surface area (Å²) in [5.41, 5.74) is 1.91. The van der Waals surface area contributed by atoms with Gasteiger partial charge in [0.1, 0.15) is 0 Å². The number of aliphatic carboxylic acids is 1. The summed E-state index contributed by atoms with van der Waals surface area (Å²) in [5, 5.41) is 8.54. The van der Waals surface area contributed by atoms with E-state index in [0.29, 0.717) is 25.3 Å². The number of rotatable bonds is 7. The van der Waals surface area contributed by atoms with Crippen LogP contribution < -0.4 is 4.74 Å². The van der Waals surface area contributed by atoms with Gasteiger partial charge in [-0.3, -0.25) is 4.79 Å². The van der Waals surface area contributed by atoms with Gasteiger partial charge in [-0.2, -0.15) is 0 Å². The van der Waals surface area contributed by atoms with Crippen molar-refractivity contribution in [3.63, 3.8) is 0 Å². The van der Waals surface area contributed by atoms with E-state index in [4.69, 9.17) is 9.84 Å². The number of carbonyl (C=O) groups is 1. The fourth-order valence-corrected chi connectivity index (χ4v) is 1.82. The van der Waals surface area contributed by atoms with Crippen molar-refractivity contribution in [1.82, 2.24) is 4.98 Å². The second kappa shape index (κ2) is 7.28. The molecule has 2 rings (SSSR count). The quantitative estimate of drug-likeness (QED) is 0.784. The zero-order chi connectivity index (χ0) is 14.2. The van der Waals surface area contributed by atoms with E-state index in [0.717, 1.165) is 11.3 Å². The van der Waals surface area contributed by atoms with Crippen LogP contribution >= 0.6 is 0 Å². The molecule has 0 saturated heterocycles. The molecule has 0 atom stereocenters. The topological polar surface area (TPSA) is 59.4 Å². The highest BCUT2D eigenvalue weighted by Gasteiger charge is 2.02. The Labute approximate surface area is 118 Å². The van der Waals surface area contributed by atoms with Crippen molar-refractivity contribution in [2.75, 3.05) is 6.61 Å². The van der Waals surface area contributed by atoms with E-state index in [1.807, 2.05) is 48.5 Å².